The molecule has 0 aliphatic heterocycles. The minimum atomic E-state index is -0.600. The third kappa shape index (κ3) is 4.07. The molecule has 0 amide bonds. The number of rotatable bonds is 6. The van der Waals surface area contributed by atoms with E-state index in [0.717, 1.165) is 22.2 Å². The molecular weight excluding hydrogens is 334 g/mol. The van der Waals surface area contributed by atoms with Crippen LogP contribution < -0.4 is 10.2 Å². The van der Waals surface area contributed by atoms with Crippen molar-refractivity contribution in [3.63, 3.8) is 0 Å². The summed E-state index contributed by atoms with van der Waals surface area (Å²) in [6, 6.07) is 10.2. The minimum Gasteiger partial charge on any atom is -0.489 e. The van der Waals surface area contributed by atoms with Crippen LogP contribution in [0.5, 0.6) is 5.75 Å². The van der Waals surface area contributed by atoms with Gasteiger partial charge in [0.05, 0.1) is 13.0 Å². The zero-order valence-electron chi connectivity index (χ0n) is 15.1. The molecule has 4 nitrogen and oxygen atoms in total. The lowest BCUT2D eigenvalue weighted by Gasteiger charge is -2.13. The Balaban J connectivity index is 1.80. The zero-order valence-corrected chi connectivity index (χ0v) is 15.1. The van der Waals surface area contributed by atoms with E-state index in [1.165, 1.54) is 6.07 Å². The van der Waals surface area contributed by atoms with Gasteiger partial charge < -0.3 is 13.9 Å². The first-order chi connectivity index (χ1) is 12.5. The number of fused-ring (bicyclic) bond motifs is 1. The Bertz CT molecular complexity index is 948. The summed E-state index contributed by atoms with van der Waals surface area (Å²) in [6.45, 7) is 4.40. The zero-order chi connectivity index (χ0) is 18.7. The fourth-order valence-electron chi connectivity index (χ4n) is 2.93. The summed E-state index contributed by atoms with van der Waals surface area (Å²) in [4.78, 5) is 11.8. The maximum Gasteiger partial charge on any atom is 0.310 e. The molecule has 3 aromatic rings. The minimum absolute atomic E-state index is 0.161. The lowest BCUT2D eigenvalue weighted by atomic mass is 9.92. The lowest BCUT2D eigenvalue weighted by molar-refractivity contribution is -0.142. The van der Waals surface area contributed by atoms with Gasteiger partial charge >= 0.3 is 5.97 Å². The van der Waals surface area contributed by atoms with Crippen LogP contribution in [0, 0.1) is 12.9 Å². The summed E-state index contributed by atoms with van der Waals surface area (Å²) in [6.07, 6.45) is 0.161. The van der Waals surface area contributed by atoms with Gasteiger partial charge in [-0.2, -0.15) is 4.39 Å². The molecule has 26 heavy (non-hydrogen) atoms. The van der Waals surface area contributed by atoms with Gasteiger partial charge in [-0.25, -0.2) is 0 Å². The smallest absolute Gasteiger partial charge is 0.310 e. The van der Waals surface area contributed by atoms with E-state index in [0.29, 0.717) is 29.9 Å². The highest BCUT2D eigenvalue weighted by Gasteiger charge is 2.12. The molecule has 0 fully saturated rings. The Kier molecular flexibility index (Phi) is 5.31. The number of ether oxygens (including phenoxy) is 2. The number of benzene rings is 2. The lowest BCUT2D eigenvalue weighted by Crippen LogP contribution is -2.10. The van der Waals surface area contributed by atoms with Crippen molar-refractivity contribution in [1.29, 1.82) is 0 Å². The number of furan rings is 1. The predicted molar refractivity (Wildman–Crippen MR) is 100 cm³/mol. The first-order valence-corrected chi connectivity index (χ1v) is 8.52. The molecule has 0 aliphatic rings. The quantitative estimate of drug-likeness (QED) is 0.505. The number of carbonyl (C=O) groups excluding carboxylic acids is 1. The van der Waals surface area contributed by atoms with E-state index in [-0.39, 0.29) is 12.4 Å². The summed E-state index contributed by atoms with van der Waals surface area (Å²) >= 11 is 0. The molecule has 0 spiro atoms. The molecule has 0 radical (unpaired) electrons. The average molecular weight is 354 g/mol. The molecule has 0 bridgehead atoms. The second-order valence-corrected chi connectivity index (χ2v) is 6.26. The van der Waals surface area contributed by atoms with Crippen LogP contribution in [0.25, 0.3) is 11.0 Å². The molecule has 2 aromatic carbocycles. The monoisotopic (exact) mass is 354 g/mol. The molecule has 0 aliphatic carbocycles. The molecule has 134 valence electrons. The summed E-state index contributed by atoms with van der Waals surface area (Å²) < 4.78 is 29.4. The van der Waals surface area contributed by atoms with E-state index in [1.54, 1.807) is 6.92 Å². The standard InChI is InChI=1S/C20H20BFO4/c1-3-24-19(23)10-14-5-4-12(2)6-17(14)25-11-13-7-15-9-18(22)26-20(15)16(21)8-13/h4-9H,3,10-11,21H2,1-2H3. The summed E-state index contributed by atoms with van der Waals surface area (Å²) in [7, 11) is 1.87. The van der Waals surface area contributed by atoms with Gasteiger partial charge in [0.2, 0.25) is 0 Å². The van der Waals surface area contributed by atoms with Gasteiger partial charge in [0.25, 0.3) is 6.01 Å². The number of carbonyl (C=O) groups is 1. The van der Waals surface area contributed by atoms with Crippen molar-refractivity contribution in [1.82, 2.24) is 0 Å². The number of hydrogen-bond donors (Lipinski definition) is 0. The first kappa shape index (κ1) is 18.0. The van der Waals surface area contributed by atoms with E-state index in [4.69, 9.17) is 13.9 Å². The third-order valence-corrected chi connectivity index (χ3v) is 4.09. The van der Waals surface area contributed by atoms with Gasteiger partial charge in [-0.15, -0.1) is 0 Å². The topological polar surface area (TPSA) is 48.7 Å². The highest BCUT2D eigenvalue weighted by atomic mass is 19.1. The van der Waals surface area contributed by atoms with Gasteiger partial charge in [0.15, 0.2) is 0 Å². The van der Waals surface area contributed by atoms with Crippen molar-refractivity contribution in [2.24, 2.45) is 0 Å². The van der Waals surface area contributed by atoms with Crippen LogP contribution in [0.1, 0.15) is 23.6 Å². The number of esters is 1. The summed E-state index contributed by atoms with van der Waals surface area (Å²) in [5.41, 5.74) is 4.11. The number of hydrogen-bond acceptors (Lipinski definition) is 4. The number of halogens is 1. The maximum atomic E-state index is 13.3. The van der Waals surface area contributed by atoms with E-state index in [1.807, 2.05) is 45.1 Å². The average Bonchev–Trinajstić information content (AvgIpc) is 2.96. The second-order valence-electron chi connectivity index (χ2n) is 6.26. The molecule has 3 rings (SSSR count). The van der Waals surface area contributed by atoms with E-state index < -0.39 is 6.01 Å². The highest BCUT2D eigenvalue weighted by molar-refractivity contribution is 6.38. The Morgan fingerprint density at radius 1 is 1.23 bits per heavy atom. The Morgan fingerprint density at radius 2 is 2.04 bits per heavy atom. The second kappa shape index (κ2) is 7.64. The predicted octanol–water partition coefficient (Wildman–Crippen LogP) is 2.82. The van der Waals surface area contributed by atoms with Crippen LogP contribution in [0.3, 0.4) is 0 Å². The SMILES string of the molecule is Bc1cc(COc2cc(C)ccc2CC(=O)OCC)cc2cc(F)oc12. The van der Waals surface area contributed by atoms with Crippen molar-refractivity contribution in [2.75, 3.05) is 6.61 Å². The van der Waals surface area contributed by atoms with Gasteiger partial charge in [-0.1, -0.05) is 18.2 Å². The van der Waals surface area contributed by atoms with Crippen LogP contribution in [0.2, 0.25) is 0 Å². The molecular formula is C20H20BFO4. The number of aryl methyl sites for hydroxylation is 1. The Morgan fingerprint density at radius 3 is 2.81 bits per heavy atom. The van der Waals surface area contributed by atoms with Gasteiger partial charge in [-0.3, -0.25) is 4.79 Å². The summed E-state index contributed by atoms with van der Waals surface area (Å²) in [5.74, 6) is 0.363. The van der Waals surface area contributed by atoms with Gasteiger partial charge in [-0.05, 0) is 42.6 Å². The van der Waals surface area contributed by atoms with E-state index in [2.05, 4.69) is 0 Å². The Labute approximate surface area is 152 Å². The van der Waals surface area contributed by atoms with Gasteiger partial charge in [0, 0.05) is 17.0 Å². The van der Waals surface area contributed by atoms with Crippen LogP contribution >= 0.6 is 0 Å². The van der Waals surface area contributed by atoms with Crippen molar-refractivity contribution < 1.29 is 23.1 Å². The summed E-state index contributed by atoms with van der Waals surface area (Å²) in [5, 5.41) is 0.706. The van der Waals surface area contributed by atoms with Crippen molar-refractivity contribution in [2.45, 2.75) is 26.9 Å². The molecule has 0 N–H and O–H groups in total. The van der Waals surface area contributed by atoms with Crippen LogP contribution in [0.4, 0.5) is 4.39 Å². The fourth-order valence-corrected chi connectivity index (χ4v) is 2.93. The van der Waals surface area contributed by atoms with Crippen LogP contribution in [-0.4, -0.2) is 20.4 Å². The highest BCUT2D eigenvalue weighted by Crippen LogP contribution is 2.24. The molecule has 1 aromatic heterocycles. The van der Waals surface area contributed by atoms with Crippen molar-refractivity contribution in [3.05, 3.63) is 59.1 Å². The molecule has 0 saturated heterocycles. The van der Waals surface area contributed by atoms with Crippen molar-refractivity contribution >= 4 is 30.2 Å². The molecule has 0 saturated carbocycles. The molecule has 0 unspecified atom stereocenters. The molecule has 1 heterocycles. The van der Waals surface area contributed by atoms with E-state index in [9.17, 15) is 9.18 Å². The first-order valence-electron chi connectivity index (χ1n) is 8.52. The molecule has 0 atom stereocenters. The molecule has 6 heteroatoms. The largest absolute Gasteiger partial charge is 0.489 e. The van der Waals surface area contributed by atoms with Crippen LogP contribution in [0.15, 0.2) is 40.8 Å². The normalized spacial score (nSPS) is 10.9. The van der Waals surface area contributed by atoms with Crippen LogP contribution in [-0.2, 0) is 22.6 Å². The van der Waals surface area contributed by atoms with Crippen molar-refractivity contribution in [3.8, 4) is 5.75 Å². The maximum absolute atomic E-state index is 13.3. The van der Waals surface area contributed by atoms with E-state index >= 15 is 0 Å². The third-order valence-electron chi connectivity index (χ3n) is 4.09. The Hall–Kier alpha value is -2.76. The van der Waals surface area contributed by atoms with Gasteiger partial charge in [0.1, 0.15) is 25.8 Å². The fraction of sp³-hybridized carbons (Fsp3) is 0.250.